The SMILES string of the molecule is O=C(NCc1cc(N2CCOCC2)ncn1)[C@@H]1CC(F)(F)CN1. The van der Waals surface area contributed by atoms with Gasteiger partial charge in [0.25, 0.3) is 5.92 Å². The topological polar surface area (TPSA) is 79.4 Å². The number of hydrogen-bond donors (Lipinski definition) is 2. The van der Waals surface area contributed by atoms with Crippen LogP contribution in [0.1, 0.15) is 12.1 Å². The van der Waals surface area contributed by atoms with Crippen LogP contribution in [0.4, 0.5) is 14.6 Å². The van der Waals surface area contributed by atoms with E-state index in [1.807, 2.05) is 0 Å². The van der Waals surface area contributed by atoms with Crippen LogP contribution in [-0.2, 0) is 16.1 Å². The molecule has 1 amide bonds. The number of amides is 1. The van der Waals surface area contributed by atoms with Crippen molar-refractivity contribution in [3.8, 4) is 0 Å². The number of carbonyl (C=O) groups is 1. The minimum absolute atomic E-state index is 0.183. The van der Waals surface area contributed by atoms with E-state index in [0.29, 0.717) is 18.9 Å². The van der Waals surface area contributed by atoms with Crippen LogP contribution in [0.25, 0.3) is 0 Å². The van der Waals surface area contributed by atoms with Gasteiger partial charge < -0.3 is 15.0 Å². The van der Waals surface area contributed by atoms with Crippen molar-refractivity contribution >= 4 is 11.7 Å². The van der Waals surface area contributed by atoms with E-state index >= 15 is 0 Å². The molecule has 0 unspecified atom stereocenters. The van der Waals surface area contributed by atoms with Gasteiger partial charge in [-0.05, 0) is 0 Å². The summed E-state index contributed by atoms with van der Waals surface area (Å²) in [6, 6.07) is 0.938. The number of halogens is 2. The van der Waals surface area contributed by atoms with Crippen LogP contribution >= 0.6 is 0 Å². The van der Waals surface area contributed by atoms with Crippen LogP contribution in [0.2, 0.25) is 0 Å². The molecule has 2 aliphatic heterocycles. The first kappa shape index (κ1) is 16.0. The van der Waals surface area contributed by atoms with Crippen molar-refractivity contribution in [1.82, 2.24) is 20.6 Å². The van der Waals surface area contributed by atoms with Crippen LogP contribution in [0.3, 0.4) is 0 Å². The number of hydrogen-bond acceptors (Lipinski definition) is 6. The van der Waals surface area contributed by atoms with Crippen LogP contribution < -0.4 is 15.5 Å². The summed E-state index contributed by atoms with van der Waals surface area (Å²) in [4.78, 5) is 22.3. The molecular weight excluding hydrogens is 308 g/mol. The molecule has 3 heterocycles. The molecule has 0 bridgehead atoms. The summed E-state index contributed by atoms with van der Waals surface area (Å²) >= 11 is 0. The van der Waals surface area contributed by atoms with Gasteiger partial charge in [0.15, 0.2) is 0 Å². The lowest BCUT2D eigenvalue weighted by Gasteiger charge is -2.27. The molecule has 2 fully saturated rings. The molecule has 1 aromatic heterocycles. The maximum atomic E-state index is 13.1. The first-order chi connectivity index (χ1) is 11.0. The van der Waals surface area contributed by atoms with Crippen molar-refractivity contribution in [3.63, 3.8) is 0 Å². The fourth-order valence-corrected chi connectivity index (χ4v) is 2.65. The molecule has 126 valence electrons. The van der Waals surface area contributed by atoms with Crippen LogP contribution in [0.5, 0.6) is 0 Å². The Morgan fingerprint density at radius 3 is 2.91 bits per heavy atom. The lowest BCUT2D eigenvalue weighted by molar-refractivity contribution is -0.123. The maximum absolute atomic E-state index is 13.1. The molecule has 0 aromatic carbocycles. The maximum Gasteiger partial charge on any atom is 0.262 e. The number of alkyl halides is 2. The van der Waals surface area contributed by atoms with Gasteiger partial charge in [-0.25, -0.2) is 18.7 Å². The molecule has 3 rings (SSSR count). The van der Waals surface area contributed by atoms with Crippen LogP contribution in [0.15, 0.2) is 12.4 Å². The van der Waals surface area contributed by atoms with Crippen molar-refractivity contribution in [1.29, 1.82) is 0 Å². The van der Waals surface area contributed by atoms with Crippen molar-refractivity contribution in [2.75, 3.05) is 37.7 Å². The third-order valence-corrected chi connectivity index (χ3v) is 3.91. The minimum atomic E-state index is -2.82. The fourth-order valence-electron chi connectivity index (χ4n) is 2.65. The summed E-state index contributed by atoms with van der Waals surface area (Å²) in [5.74, 6) is -2.48. The first-order valence-corrected chi connectivity index (χ1v) is 7.56. The van der Waals surface area contributed by atoms with Crippen LogP contribution in [0, 0.1) is 0 Å². The lowest BCUT2D eigenvalue weighted by atomic mass is 10.2. The molecule has 2 aliphatic rings. The standard InChI is InChI=1S/C14H19F2N5O2/c15-14(16)6-11(18-8-14)13(22)17-7-10-5-12(20-9-19-10)21-1-3-23-4-2-21/h5,9,11,18H,1-4,6-8H2,(H,17,22)/t11-/m0/s1. The molecule has 2 saturated heterocycles. The molecule has 1 aromatic rings. The normalized spacial score (nSPS) is 23.7. The Kier molecular flexibility index (Phi) is 4.67. The summed E-state index contributed by atoms with van der Waals surface area (Å²) < 4.78 is 31.5. The number of carbonyl (C=O) groups excluding carboxylic acids is 1. The summed E-state index contributed by atoms with van der Waals surface area (Å²) in [5.41, 5.74) is 0.639. The number of morpholine rings is 1. The highest BCUT2D eigenvalue weighted by Gasteiger charge is 2.42. The van der Waals surface area contributed by atoms with E-state index in [0.717, 1.165) is 18.9 Å². The van der Waals surface area contributed by atoms with Gasteiger partial charge in [-0.15, -0.1) is 0 Å². The quantitative estimate of drug-likeness (QED) is 0.806. The number of aromatic nitrogens is 2. The molecule has 23 heavy (non-hydrogen) atoms. The zero-order chi connectivity index (χ0) is 16.3. The first-order valence-electron chi connectivity index (χ1n) is 7.56. The van der Waals surface area contributed by atoms with Crippen molar-refractivity contribution in [2.24, 2.45) is 0 Å². The minimum Gasteiger partial charge on any atom is -0.378 e. The van der Waals surface area contributed by atoms with Gasteiger partial charge in [0.2, 0.25) is 5.91 Å². The van der Waals surface area contributed by atoms with E-state index in [4.69, 9.17) is 4.74 Å². The Bertz CT molecular complexity index is 566. The second-order valence-electron chi connectivity index (χ2n) is 5.68. The van der Waals surface area contributed by atoms with Crippen molar-refractivity contribution in [3.05, 3.63) is 18.1 Å². The highest BCUT2D eigenvalue weighted by Crippen LogP contribution is 2.25. The van der Waals surface area contributed by atoms with Crippen molar-refractivity contribution in [2.45, 2.75) is 24.9 Å². The summed E-state index contributed by atoms with van der Waals surface area (Å²) in [7, 11) is 0. The molecule has 7 nitrogen and oxygen atoms in total. The Balaban J connectivity index is 1.55. The molecule has 0 aliphatic carbocycles. The predicted molar refractivity (Wildman–Crippen MR) is 78.3 cm³/mol. The van der Waals surface area contributed by atoms with Gasteiger partial charge in [0.1, 0.15) is 12.1 Å². The molecule has 9 heteroatoms. The fraction of sp³-hybridized carbons (Fsp3) is 0.643. The molecule has 0 saturated carbocycles. The smallest absolute Gasteiger partial charge is 0.262 e. The second kappa shape index (κ2) is 6.71. The van der Waals surface area contributed by atoms with Gasteiger partial charge in [-0.2, -0.15) is 0 Å². The van der Waals surface area contributed by atoms with E-state index in [1.54, 1.807) is 6.07 Å². The molecular formula is C14H19F2N5O2. The summed E-state index contributed by atoms with van der Waals surface area (Å²) in [6.07, 6.45) is 0.968. The zero-order valence-electron chi connectivity index (χ0n) is 12.6. The van der Waals surface area contributed by atoms with E-state index in [1.165, 1.54) is 6.33 Å². The van der Waals surface area contributed by atoms with Crippen LogP contribution in [-0.4, -0.2) is 60.7 Å². The number of rotatable bonds is 4. The molecule has 2 N–H and O–H groups in total. The molecule has 1 atom stereocenters. The summed E-state index contributed by atoms with van der Waals surface area (Å²) in [6.45, 7) is 2.53. The van der Waals surface area contributed by atoms with Gasteiger partial charge >= 0.3 is 0 Å². The van der Waals surface area contributed by atoms with E-state index in [2.05, 4.69) is 25.5 Å². The third kappa shape index (κ3) is 4.11. The average molecular weight is 327 g/mol. The monoisotopic (exact) mass is 327 g/mol. The number of nitrogens with zero attached hydrogens (tertiary/aromatic N) is 3. The Morgan fingerprint density at radius 1 is 1.43 bits per heavy atom. The average Bonchev–Trinajstić information content (AvgIpc) is 2.94. The lowest BCUT2D eigenvalue weighted by Crippen LogP contribution is -2.40. The molecule has 0 radical (unpaired) electrons. The predicted octanol–water partition coefficient (Wildman–Crippen LogP) is -0.0734. The largest absolute Gasteiger partial charge is 0.378 e. The van der Waals surface area contributed by atoms with E-state index < -0.39 is 30.8 Å². The second-order valence-corrected chi connectivity index (χ2v) is 5.68. The van der Waals surface area contributed by atoms with E-state index in [-0.39, 0.29) is 6.54 Å². The van der Waals surface area contributed by atoms with Crippen molar-refractivity contribution < 1.29 is 18.3 Å². The highest BCUT2D eigenvalue weighted by molar-refractivity contribution is 5.82. The third-order valence-electron chi connectivity index (χ3n) is 3.91. The summed E-state index contributed by atoms with van der Waals surface area (Å²) in [5, 5.41) is 5.17. The van der Waals surface area contributed by atoms with E-state index in [9.17, 15) is 13.6 Å². The Labute approximate surface area is 132 Å². The van der Waals surface area contributed by atoms with Gasteiger partial charge in [-0.1, -0.05) is 0 Å². The van der Waals surface area contributed by atoms with Gasteiger partial charge in [0, 0.05) is 25.6 Å². The highest BCUT2D eigenvalue weighted by atomic mass is 19.3. The number of ether oxygens (including phenoxy) is 1. The number of anilines is 1. The van der Waals surface area contributed by atoms with Gasteiger partial charge in [0.05, 0.1) is 38.0 Å². The van der Waals surface area contributed by atoms with Gasteiger partial charge in [-0.3, -0.25) is 10.1 Å². The Hall–Kier alpha value is -1.87. The molecule has 0 spiro atoms. The zero-order valence-corrected chi connectivity index (χ0v) is 12.6. The number of nitrogens with one attached hydrogen (secondary N) is 2. The Morgan fingerprint density at radius 2 is 2.22 bits per heavy atom.